The number of aromatic amines is 1. The van der Waals surface area contributed by atoms with Gasteiger partial charge in [-0.25, -0.2) is 9.97 Å². The molecule has 0 aliphatic carbocycles. The van der Waals surface area contributed by atoms with Crippen molar-refractivity contribution in [1.29, 1.82) is 0 Å². The van der Waals surface area contributed by atoms with Crippen molar-refractivity contribution in [2.24, 2.45) is 0 Å². The molecule has 0 bridgehead atoms. The number of nitrogens with one attached hydrogen (secondary N) is 2. The number of pyridine rings is 1. The van der Waals surface area contributed by atoms with Crippen LogP contribution in [0.5, 0.6) is 0 Å². The van der Waals surface area contributed by atoms with Crippen LogP contribution in [0.15, 0.2) is 59.7 Å². The van der Waals surface area contributed by atoms with E-state index in [1.54, 1.807) is 6.07 Å². The summed E-state index contributed by atoms with van der Waals surface area (Å²) >= 11 is 0. The zero-order valence-corrected chi connectivity index (χ0v) is 15.4. The smallest absolute Gasteiger partial charge is 0.258 e. The number of rotatable bonds is 7. The number of hydrogen-bond acceptors (Lipinski definition) is 4. The van der Waals surface area contributed by atoms with Crippen molar-refractivity contribution in [3.63, 3.8) is 0 Å². The minimum Gasteiger partial charge on any atom is -0.356 e. The highest BCUT2D eigenvalue weighted by Gasteiger charge is 2.06. The van der Waals surface area contributed by atoms with Crippen LogP contribution in [0.25, 0.3) is 16.6 Å². The van der Waals surface area contributed by atoms with Crippen molar-refractivity contribution >= 4 is 22.5 Å². The molecule has 0 saturated heterocycles. The maximum absolute atomic E-state index is 12.1. The number of imidazole rings is 1. The molecule has 0 radical (unpaired) electrons. The maximum Gasteiger partial charge on any atom is 0.258 e. The lowest BCUT2D eigenvalue weighted by Crippen LogP contribution is -2.25. The first-order valence-electron chi connectivity index (χ1n) is 9.36. The quantitative estimate of drug-likeness (QED) is 0.518. The SMILES string of the molecule is O=C(CCCc1nc2ccccc2c(=O)[nH]1)NCCc1cn2ccccc2n1. The Labute approximate surface area is 161 Å². The first kappa shape index (κ1) is 17.9. The van der Waals surface area contributed by atoms with E-state index in [-0.39, 0.29) is 11.5 Å². The third kappa shape index (κ3) is 4.09. The molecule has 7 heteroatoms. The zero-order valence-electron chi connectivity index (χ0n) is 15.4. The molecular weight excluding hydrogens is 354 g/mol. The number of aryl methyl sites for hydroxylation is 1. The fourth-order valence-corrected chi connectivity index (χ4v) is 3.20. The molecule has 3 heterocycles. The molecule has 2 N–H and O–H groups in total. The molecule has 0 spiro atoms. The van der Waals surface area contributed by atoms with Crippen molar-refractivity contribution in [1.82, 2.24) is 24.7 Å². The summed E-state index contributed by atoms with van der Waals surface area (Å²) in [6.07, 6.45) is 6.19. The van der Waals surface area contributed by atoms with E-state index < -0.39 is 0 Å². The van der Waals surface area contributed by atoms with Gasteiger partial charge in [-0.3, -0.25) is 9.59 Å². The molecule has 28 heavy (non-hydrogen) atoms. The summed E-state index contributed by atoms with van der Waals surface area (Å²) in [5, 5.41) is 3.50. The van der Waals surface area contributed by atoms with Crippen LogP contribution in [-0.2, 0) is 17.6 Å². The third-order valence-electron chi connectivity index (χ3n) is 4.60. The fourth-order valence-electron chi connectivity index (χ4n) is 3.20. The molecule has 0 atom stereocenters. The topological polar surface area (TPSA) is 92.1 Å². The third-order valence-corrected chi connectivity index (χ3v) is 4.60. The lowest BCUT2D eigenvalue weighted by molar-refractivity contribution is -0.121. The van der Waals surface area contributed by atoms with Gasteiger partial charge in [-0.05, 0) is 30.7 Å². The lowest BCUT2D eigenvalue weighted by atomic mass is 10.2. The van der Waals surface area contributed by atoms with E-state index in [1.807, 2.05) is 53.2 Å². The van der Waals surface area contributed by atoms with E-state index in [9.17, 15) is 9.59 Å². The molecule has 1 aromatic carbocycles. The lowest BCUT2D eigenvalue weighted by Gasteiger charge is -2.05. The first-order chi connectivity index (χ1) is 13.7. The minimum absolute atomic E-state index is 0.00750. The summed E-state index contributed by atoms with van der Waals surface area (Å²) in [6, 6.07) is 13.1. The van der Waals surface area contributed by atoms with E-state index in [0.29, 0.717) is 49.0 Å². The van der Waals surface area contributed by atoms with Crippen molar-refractivity contribution in [2.45, 2.75) is 25.7 Å². The number of benzene rings is 1. The van der Waals surface area contributed by atoms with Gasteiger partial charge < -0.3 is 14.7 Å². The van der Waals surface area contributed by atoms with Crippen LogP contribution in [0.1, 0.15) is 24.4 Å². The summed E-state index contributed by atoms with van der Waals surface area (Å²) in [5.41, 5.74) is 2.39. The van der Waals surface area contributed by atoms with E-state index in [0.717, 1.165) is 11.3 Å². The minimum atomic E-state index is -0.141. The Kier molecular flexibility index (Phi) is 5.14. The van der Waals surface area contributed by atoms with Gasteiger partial charge in [0.2, 0.25) is 5.91 Å². The van der Waals surface area contributed by atoms with Gasteiger partial charge in [0.15, 0.2) is 0 Å². The van der Waals surface area contributed by atoms with Crippen LogP contribution in [0, 0.1) is 0 Å². The van der Waals surface area contributed by atoms with Gasteiger partial charge in [0.25, 0.3) is 5.56 Å². The molecule has 0 unspecified atom stereocenters. The van der Waals surface area contributed by atoms with Gasteiger partial charge in [0, 0.05) is 38.2 Å². The van der Waals surface area contributed by atoms with Crippen molar-refractivity contribution in [2.75, 3.05) is 6.54 Å². The number of carbonyl (C=O) groups excluding carboxylic acids is 1. The summed E-state index contributed by atoms with van der Waals surface area (Å²) < 4.78 is 1.97. The number of fused-ring (bicyclic) bond motifs is 2. The Morgan fingerprint density at radius 2 is 1.93 bits per heavy atom. The van der Waals surface area contributed by atoms with Crippen molar-refractivity contribution in [3.8, 4) is 0 Å². The predicted octanol–water partition coefficient (Wildman–Crippen LogP) is 2.25. The molecule has 7 nitrogen and oxygen atoms in total. The monoisotopic (exact) mass is 375 g/mol. The van der Waals surface area contributed by atoms with Crippen LogP contribution < -0.4 is 10.9 Å². The standard InChI is InChI=1S/C21H21N5O2/c27-20(22-12-11-15-14-26-13-4-3-9-19(26)23-15)10-5-8-18-24-17-7-2-1-6-16(17)21(28)25-18/h1-4,6-7,9,13-14H,5,8,10-12H2,(H,22,27)(H,24,25,28). The average Bonchev–Trinajstić information content (AvgIpc) is 3.11. The van der Waals surface area contributed by atoms with Crippen LogP contribution in [-0.4, -0.2) is 31.8 Å². The Morgan fingerprint density at radius 1 is 1.07 bits per heavy atom. The van der Waals surface area contributed by atoms with E-state index in [4.69, 9.17) is 0 Å². The second kappa shape index (κ2) is 8.04. The van der Waals surface area contributed by atoms with Crippen molar-refractivity contribution in [3.05, 3.63) is 76.7 Å². The Bertz CT molecular complexity index is 1150. The van der Waals surface area contributed by atoms with Crippen molar-refractivity contribution < 1.29 is 4.79 Å². The second-order valence-corrected chi connectivity index (χ2v) is 6.68. The summed E-state index contributed by atoms with van der Waals surface area (Å²) in [5.74, 6) is 0.605. The van der Waals surface area contributed by atoms with E-state index in [1.165, 1.54) is 0 Å². The van der Waals surface area contributed by atoms with Gasteiger partial charge >= 0.3 is 0 Å². The Balaban J connectivity index is 1.24. The highest BCUT2D eigenvalue weighted by atomic mass is 16.1. The van der Waals surface area contributed by atoms with Crippen LogP contribution >= 0.6 is 0 Å². The largest absolute Gasteiger partial charge is 0.356 e. The second-order valence-electron chi connectivity index (χ2n) is 6.68. The molecule has 0 saturated carbocycles. The first-order valence-corrected chi connectivity index (χ1v) is 9.36. The van der Waals surface area contributed by atoms with Gasteiger partial charge in [0.05, 0.1) is 16.6 Å². The number of H-pyrrole nitrogens is 1. The van der Waals surface area contributed by atoms with Crippen LogP contribution in [0.2, 0.25) is 0 Å². The molecular formula is C21H21N5O2. The molecule has 3 aromatic heterocycles. The van der Waals surface area contributed by atoms with Gasteiger partial charge in [-0.1, -0.05) is 18.2 Å². The molecule has 0 aliphatic heterocycles. The molecule has 142 valence electrons. The molecule has 1 amide bonds. The summed E-state index contributed by atoms with van der Waals surface area (Å²) in [4.78, 5) is 35.9. The van der Waals surface area contributed by atoms with E-state index >= 15 is 0 Å². The maximum atomic E-state index is 12.1. The number of para-hydroxylation sites is 1. The van der Waals surface area contributed by atoms with Gasteiger partial charge in [0.1, 0.15) is 11.5 Å². The molecule has 4 rings (SSSR count). The highest BCUT2D eigenvalue weighted by molar-refractivity contribution is 5.77. The van der Waals surface area contributed by atoms with Gasteiger partial charge in [-0.15, -0.1) is 0 Å². The zero-order chi connectivity index (χ0) is 19.3. The molecule has 0 aliphatic rings. The van der Waals surface area contributed by atoms with Crippen LogP contribution in [0.3, 0.4) is 0 Å². The highest BCUT2D eigenvalue weighted by Crippen LogP contribution is 2.07. The number of amides is 1. The normalized spacial score (nSPS) is 11.1. The van der Waals surface area contributed by atoms with E-state index in [2.05, 4.69) is 20.3 Å². The number of hydrogen-bond donors (Lipinski definition) is 2. The fraction of sp³-hybridized carbons (Fsp3) is 0.238. The number of carbonyl (C=O) groups is 1. The molecule has 0 fully saturated rings. The Hall–Kier alpha value is -3.48. The predicted molar refractivity (Wildman–Crippen MR) is 107 cm³/mol. The molecule has 4 aromatic rings. The Morgan fingerprint density at radius 3 is 2.82 bits per heavy atom. The van der Waals surface area contributed by atoms with Crippen LogP contribution in [0.4, 0.5) is 0 Å². The summed E-state index contributed by atoms with van der Waals surface area (Å²) in [7, 11) is 0. The van der Waals surface area contributed by atoms with Gasteiger partial charge in [-0.2, -0.15) is 0 Å². The number of aromatic nitrogens is 4. The summed E-state index contributed by atoms with van der Waals surface area (Å²) in [6.45, 7) is 0.549. The number of nitrogens with zero attached hydrogens (tertiary/aromatic N) is 3. The average molecular weight is 375 g/mol.